The van der Waals surface area contributed by atoms with Crippen LogP contribution in [-0.2, 0) is 0 Å². The van der Waals surface area contributed by atoms with Crippen molar-refractivity contribution in [2.45, 2.75) is 0 Å². The number of benzene rings is 2. The summed E-state index contributed by atoms with van der Waals surface area (Å²) in [5, 5.41) is 8.72. The van der Waals surface area contributed by atoms with Gasteiger partial charge < -0.3 is 0 Å². The molecule has 0 spiro atoms. The fourth-order valence-electron chi connectivity index (χ4n) is 2.18. The van der Waals surface area contributed by atoms with E-state index in [1.165, 1.54) is 6.07 Å². The second-order valence-electron chi connectivity index (χ2n) is 4.03. The number of fused-ring (bicyclic) bond motifs is 3. The molecule has 1 aliphatic carbocycles. The van der Waals surface area contributed by atoms with Gasteiger partial charge in [0.25, 0.3) is 0 Å². The maximum atomic E-state index is 12.0. The summed E-state index contributed by atoms with van der Waals surface area (Å²) in [6.45, 7) is 0. The molecule has 2 aromatic rings. The van der Waals surface area contributed by atoms with Crippen LogP contribution < -0.4 is 0 Å². The van der Waals surface area contributed by atoms with Gasteiger partial charge >= 0.3 is 5.69 Å². The first-order valence-electron chi connectivity index (χ1n) is 5.40. The summed E-state index contributed by atoms with van der Waals surface area (Å²) in [6.07, 6.45) is 0. The fraction of sp³-hybridized carbons (Fsp3) is 0. The summed E-state index contributed by atoms with van der Waals surface area (Å²) in [5.41, 5.74) is 2.40. The number of hydrogen-bond donors (Lipinski definition) is 0. The number of hydrogen-bond acceptors (Lipinski definition) is 3. The van der Waals surface area contributed by atoms with Gasteiger partial charge in [0, 0.05) is 23.3 Å². The highest BCUT2D eigenvalue weighted by molar-refractivity contribution is 6.53. The van der Waals surface area contributed by atoms with Gasteiger partial charge in [-0.05, 0) is 17.2 Å². The molecule has 2 aromatic carbocycles. The van der Waals surface area contributed by atoms with Gasteiger partial charge in [0.05, 0.1) is 0 Å². The third kappa shape index (κ3) is 1.28. The molecule has 0 saturated carbocycles. The van der Waals surface area contributed by atoms with Crippen LogP contribution in [0, 0.1) is 5.39 Å². The van der Waals surface area contributed by atoms with Crippen molar-refractivity contribution in [2.75, 3.05) is 0 Å². The normalized spacial score (nSPS) is 12.6. The Morgan fingerprint density at radius 3 is 2.11 bits per heavy atom. The lowest BCUT2D eigenvalue weighted by Crippen LogP contribution is -2.20. The van der Waals surface area contributed by atoms with Crippen molar-refractivity contribution in [1.29, 1.82) is 5.39 Å². The molecule has 18 heavy (non-hydrogen) atoms. The van der Waals surface area contributed by atoms with Crippen molar-refractivity contribution < 1.29 is 9.59 Å². The molecule has 0 unspecified atom stereocenters. The van der Waals surface area contributed by atoms with Crippen molar-refractivity contribution in [3.05, 3.63) is 58.6 Å². The highest BCUT2D eigenvalue weighted by atomic mass is 16.2. The molecule has 4 nitrogen and oxygen atoms in total. The first-order chi connectivity index (χ1) is 8.72. The van der Waals surface area contributed by atoms with E-state index in [-0.39, 0.29) is 11.3 Å². The average Bonchev–Trinajstić information content (AvgIpc) is 2.44. The maximum absolute atomic E-state index is 12.0. The first-order valence-corrected chi connectivity index (χ1v) is 5.40. The van der Waals surface area contributed by atoms with Gasteiger partial charge in [-0.2, -0.15) is 0 Å². The molecule has 0 heterocycles. The molecular weight excluding hydrogens is 228 g/mol. The summed E-state index contributed by atoms with van der Waals surface area (Å²) in [4.78, 5) is 26.9. The smallest absolute Gasteiger partial charge is 0.285 e. The highest BCUT2D eigenvalue weighted by Gasteiger charge is 2.31. The monoisotopic (exact) mass is 235 g/mol. The Morgan fingerprint density at radius 1 is 0.778 bits per heavy atom. The predicted octanol–water partition coefficient (Wildman–Crippen LogP) is 3.22. The molecule has 0 N–H and O–H groups in total. The van der Waals surface area contributed by atoms with Gasteiger partial charge in [-0.25, -0.2) is 0 Å². The van der Waals surface area contributed by atoms with E-state index >= 15 is 0 Å². The molecule has 0 radical (unpaired) electrons. The number of ketones is 2. The van der Waals surface area contributed by atoms with Crippen molar-refractivity contribution >= 4 is 17.3 Å². The van der Waals surface area contributed by atoms with Crippen molar-refractivity contribution in [2.24, 2.45) is 0 Å². The number of Topliss-reactive ketones (excluding diaryl/α,β-unsaturated/α-hetero) is 2. The Labute approximate surface area is 102 Å². The van der Waals surface area contributed by atoms with E-state index in [1.807, 2.05) is 6.07 Å². The van der Waals surface area contributed by atoms with Gasteiger partial charge in [-0.1, -0.05) is 24.3 Å². The number of carbonyl (C=O) groups excluding carboxylic acids is 2. The van der Waals surface area contributed by atoms with E-state index in [2.05, 4.69) is 4.98 Å². The van der Waals surface area contributed by atoms with Crippen LogP contribution in [0.25, 0.3) is 16.1 Å². The Kier molecular flexibility index (Phi) is 2.07. The van der Waals surface area contributed by atoms with Gasteiger partial charge in [-0.15, -0.1) is 0 Å². The fourth-order valence-corrected chi connectivity index (χ4v) is 2.18. The van der Waals surface area contributed by atoms with E-state index in [0.717, 1.165) is 5.56 Å². The lowest BCUT2D eigenvalue weighted by atomic mass is 9.84. The van der Waals surface area contributed by atoms with Gasteiger partial charge in [0.2, 0.25) is 17.0 Å². The number of nitrogens with zero attached hydrogens (tertiary/aromatic N) is 2. The molecule has 0 amide bonds. The third-order valence-electron chi connectivity index (χ3n) is 3.03. The molecular formula is C14H7N2O2+. The van der Waals surface area contributed by atoms with Gasteiger partial charge in [0.15, 0.2) is 4.98 Å². The van der Waals surface area contributed by atoms with Crippen molar-refractivity contribution in [3.63, 3.8) is 0 Å². The molecule has 0 aliphatic heterocycles. The van der Waals surface area contributed by atoms with Crippen LogP contribution in [0.3, 0.4) is 0 Å². The molecule has 1 aliphatic rings. The van der Waals surface area contributed by atoms with E-state index in [9.17, 15) is 9.59 Å². The third-order valence-corrected chi connectivity index (χ3v) is 3.03. The minimum Gasteiger partial charge on any atom is -0.285 e. The van der Waals surface area contributed by atoms with Gasteiger partial charge in [-0.3, -0.25) is 9.59 Å². The Morgan fingerprint density at radius 2 is 1.39 bits per heavy atom. The predicted molar refractivity (Wildman–Crippen MR) is 65.3 cm³/mol. The maximum Gasteiger partial charge on any atom is 0.385 e. The summed E-state index contributed by atoms with van der Waals surface area (Å²) < 4.78 is 0. The van der Waals surface area contributed by atoms with Crippen LogP contribution in [0.15, 0.2) is 42.5 Å². The lowest BCUT2D eigenvalue weighted by Gasteiger charge is -2.16. The van der Waals surface area contributed by atoms with Crippen LogP contribution in [0.5, 0.6) is 0 Å². The number of diazo groups is 1. The second-order valence-corrected chi connectivity index (χ2v) is 4.03. The molecule has 0 fully saturated rings. The zero-order valence-electron chi connectivity index (χ0n) is 9.25. The van der Waals surface area contributed by atoms with Crippen LogP contribution >= 0.6 is 0 Å². The minimum absolute atomic E-state index is 0.259. The first kappa shape index (κ1) is 10.4. The Bertz CT molecular complexity index is 742. The zero-order chi connectivity index (χ0) is 12.7. The Hall–Kier alpha value is -2.80. The molecule has 0 atom stereocenters. The summed E-state index contributed by atoms with van der Waals surface area (Å²) >= 11 is 0. The van der Waals surface area contributed by atoms with Crippen LogP contribution in [0.2, 0.25) is 0 Å². The zero-order valence-corrected chi connectivity index (χ0v) is 9.25. The van der Waals surface area contributed by atoms with Crippen LogP contribution in [0.4, 0.5) is 5.69 Å². The molecule has 4 heteroatoms. The van der Waals surface area contributed by atoms with Crippen LogP contribution in [0.1, 0.15) is 20.7 Å². The molecule has 0 bridgehead atoms. The highest BCUT2D eigenvalue weighted by Crippen LogP contribution is 2.35. The SMILES string of the molecule is N#[N+]c1ccc2c(c1)C(=O)C(=O)c1ccccc1-2. The Balaban J connectivity index is 2.37. The largest absolute Gasteiger partial charge is 0.385 e. The topological polar surface area (TPSA) is 62.3 Å². The molecule has 0 aromatic heterocycles. The quantitative estimate of drug-likeness (QED) is 0.520. The number of rotatable bonds is 0. The second kappa shape index (κ2) is 3.60. The summed E-state index contributed by atoms with van der Waals surface area (Å²) in [6, 6.07) is 11.7. The van der Waals surface area contributed by atoms with Crippen molar-refractivity contribution in [3.8, 4) is 11.1 Å². The van der Waals surface area contributed by atoms with Crippen LogP contribution in [-0.4, -0.2) is 11.6 Å². The van der Waals surface area contributed by atoms with E-state index in [4.69, 9.17) is 5.39 Å². The molecule has 3 rings (SSSR count). The van der Waals surface area contributed by atoms with E-state index in [1.54, 1.807) is 30.3 Å². The molecule has 0 saturated heterocycles. The molecule has 84 valence electrons. The lowest BCUT2D eigenvalue weighted by molar-refractivity contribution is 0.0815. The van der Waals surface area contributed by atoms with Crippen molar-refractivity contribution in [1.82, 2.24) is 0 Å². The summed E-state index contributed by atoms with van der Waals surface area (Å²) in [7, 11) is 0. The summed E-state index contributed by atoms with van der Waals surface area (Å²) in [5.74, 6) is -1.08. The number of carbonyl (C=O) groups is 2. The van der Waals surface area contributed by atoms with E-state index < -0.39 is 11.6 Å². The average molecular weight is 235 g/mol. The standard InChI is InChI=1S/C14H7N2O2/c15-16-8-5-6-10-9-3-1-2-4-11(9)13(17)14(18)12(10)7-8/h1-7H/q+1. The van der Waals surface area contributed by atoms with Gasteiger partial charge in [0.1, 0.15) is 0 Å². The van der Waals surface area contributed by atoms with E-state index in [0.29, 0.717) is 11.1 Å². The minimum atomic E-state index is -0.561.